The zero-order chi connectivity index (χ0) is 12.7. The van der Waals surface area contributed by atoms with Crippen molar-refractivity contribution < 1.29 is 0 Å². The number of hydrogen-bond acceptors (Lipinski definition) is 3. The largest absolute Gasteiger partial charge is 0.329 e. The molecular formula is C12H11ClN2O2S. The fraction of sp³-hybridized carbons (Fsp3) is 0.333. The lowest BCUT2D eigenvalue weighted by molar-refractivity contribution is 0.519. The molecular weight excluding hydrogens is 272 g/mol. The maximum Gasteiger partial charge on any atom is 0.329 e. The summed E-state index contributed by atoms with van der Waals surface area (Å²) in [6.45, 7) is 0. The number of halogens is 1. The first-order chi connectivity index (χ1) is 8.68. The van der Waals surface area contributed by atoms with Crippen LogP contribution in [0.1, 0.15) is 12.5 Å². The molecule has 1 aromatic carbocycles. The van der Waals surface area contributed by atoms with Crippen molar-refractivity contribution in [3.63, 3.8) is 0 Å². The normalized spacial score (nSPS) is 19.5. The van der Waals surface area contributed by atoms with Crippen LogP contribution in [-0.2, 0) is 0 Å². The van der Waals surface area contributed by atoms with Gasteiger partial charge in [-0.1, -0.05) is 17.7 Å². The molecule has 0 radical (unpaired) electrons. The van der Waals surface area contributed by atoms with E-state index in [4.69, 9.17) is 11.6 Å². The predicted octanol–water partition coefficient (Wildman–Crippen LogP) is 2.02. The summed E-state index contributed by atoms with van der Waals surface area (Å²) < 4.78 is 1.33. The van der Waals surface area contributed by atoms with Crippen molar-refractivity contribution in [3.8, 4) is 0 Å². The molecule has 0 aliphatic carbocycles. The Hall–Kier alpha value is -1.20. The second-order valence-electron chi connectivity index (χ2n) is 4.29. The fourth-order valence-corrected chi connectivity index (χ4v) is 3.69. The molecule has 1 N–H and O–H groups in total. The molecule has 1 fully saturated rings. The third-order valence-corrected chi connectivity index (χ3v) is 4.64. The highest BCUT2D eigenvalue weighted by Crippen LogP contribution is 2.26. The van der Waals surface area contributed by atoms with Crippen LogP contribution in [0.2, 0.25) is 5.02 Å². The van der Waals surface area contributed by atoms with Crippen molar-refractivity contribution in [2.45, 2.75) is 12.5 Å². The van der Waals surface area contributed by atoms with E-state index >= 15 is 0 Å². The van der Waals surface area contributed by atoms with Crippen molar-refractivity contribution in [2.24, 2.45) is 0 Å². The van der Waals surface area contributed by atoms with Crippen LogP contribution >= 0.6 is 23.4 Å². The van der Waals surface area contributed by atoms with E-state index in [1.165, 1.54) is 4.57 Å². The van der Waals surface area contributed by atoms with Crippen LogP contribution in [-0.4, -0.2) is 21.1 Å². The van der Waals surface area contributed by atoms with E-state index in [1.54, 1.807) is 30.0 Å². The molecule has 0 bridgehead atoms. The van der Waals surface area contributed by atoms with Crippen molar-refractivity contribution in [1.82, 2.24) is 9.55 Å². The van der Waals surface area contributed by atoms with Crippen LogP contribution in [0.5, 0.6) is 0 Å². The number of nitrogens with one attached hydrogen (secondary N) is 1. The third-order valence-electron chi connectivity index (χ3n) is 3.18. The summed E-state index contributed by atoms with van der Waals surface area (Å²) in [4.78, 5) is 27.1. The van der Waals surface area contributed by atoms with Gasteiger partial charge < -0.3 is 4.98 Å². The zero-order valence-electron chi connectivity index (χ0n) is 9.48. The number of thioether (sulfide) groups is 1. The number of aromatic amines is 1. The summed E-state index contributed by atoms with van der Waals surface area (Å²) in [5.41, 5.74) is -0.187. The van der Waals surface area contributed by atoms with Crippen LogP contribution < -0.4 is 11.2 Å². The van der Waals surface area contributed by atoms with Gasteiger partial charge in [0.1, 0.15) is 0 Å². The number of H-pyrrole nitrogens is 1. The smallest absolute Gasteiger partial charge is 0.305 e. The Morgan fingerprint density at radius 1 is 1.39 bits per heavy atom. The van der Waals surface area contributed by atoms with Gasteiger partial charge in [0.2, 0.25) is 0 Å². The van der Waals surface area contributed by atoms with Crippen LogP contribution in [0.3, 0.4) is 0 Å². The van der Waals surface area contributed by atoms with E-state index in [2.05, 4.69) is 4.98 Å². The van der Waals surface area contributed by atoms with E-state index < -0.39 is 0 Å². The third kappa shape index (κ3) is 1.78. The summed E-state index contributed by atoms with van der Waals surface area (Å²) >= 11 is 7.76. The number of nitrogens with zero attached hydrogens (tertiary/aromatic N) is 1. The molecule has 1 atom stereocenters. The quantitative estimate of drug-likeness (QED) is 0.871. The number of hydrogen-bond donors (Lipinski definition) is 1. The number of rotatable bonds is 1. The van der Waals surface area contributed by atoms with Gasteiger partial charge >= 0.3 is 5.69 Å². The van der Waals surface area contributed by atoms with Gasteiger partial charge in [-0.3, -0.25) is 9.36 Å². The molecule has 94 valence electrons. The van der Waals surface area contributed by atoms with E-state index in [1.807, 2.05) is 0 Å². The second-order valence-corrected chi connectivity index (χ2v) is 5.84. The van der Waals surface area contributed by atoms with Gasteiger partial charge in [-0.05, 0) is 24.3 Å². The number of aromatic nitrogens is 2. The Morgan fingerprint density at radius 2 is 2.22 bits per heavy atom. The molecule has 0 spiro atoms. The van der Waals surface area contributed by atoms with Gasteiger partial charge in [-0.15, -0.1) is 0 Å². The SMILES string of the molecule is O=c1[nH]c2c(Cl)cccc2c(=O)n1C1CCSC1. The van der Waals surface area contributed by atoms with Crippen LogP contribution in [0.4, 0.5) is 0 Å². The molecule has 6 heteroatoms. The number of benzene rings is 1. The van der Waals surface area contributed by atoms with E-state index in [-0.39, 0.29) is 17.3 Å². The average molecular weight is 283 g/mol. The maximum atomic E-state index is 12.4. The minimum atomic E-state index is -0.368. The molecule has 2 aromatic rings. The summed E-state index contributed by atoms with van der Waals surface area (Å²) in [5.74, 6) is 1.80. The van der Waals surface area contributed by atoms with Crippen molar-refractivity contribution in [2.75, 3.05) is 11.5 Å². The van der Waals surface area contributed by atoms with Gasteiger partial charge in [-0.2, -0.15) is 11.8 Å². The fourth-order valence-electron chi connectivity index (χ4n) is 2.28. The first kappa shape index (κ1) is 11.9. The highest BCUT2D eigenvalue weighted by Gasteiger charge is 2.22. The van der Waals surface area contributed by atoms with E-state index in [0.717, 1.165) is 17.9 Å². The molecule has 0 saturated carbocycles. The minimum Gasteiger partial charge on any atom is -0.305 e. The number of fused-ring (bicyclic) bond motifs is 1. The molecule has 4 nitrogen and oxygen atoms in total. The van der Waals surface area contributed by atoms with E-state index in [0.29, 0.717) is 15.9 Å². The lowest BCUT2D eigenvalue weighted by atomic mass is 10.2. The highest BCUT2D eigenvalue weighted by atomic mass is 35.5. The maximum absolute atomic E-state index is 12.4. The highest BCUT2D eigenvalue weighted by molar-refractivity contribution is 7.99. The number of para-hydroxylation sites is 1. The second kappa shape index (κ2) is 4.48. The monoisotopic (exact) mass is 282 g/mol. The van der Waals surface area contributed by atoms with Gasteiger partial charge in [0.25, 0.3) is 5.56 Å². The molecule has 1 aliphatic rings. The van der Waals surface area contributed by atoms with Crippen molar-refractivity contribution in [3.05, 3.63) is 44.1 Å². The molecule has 1 aliphatic heterocycles. The predicted molar refractivity (Wildman–Crippen MR) is 74.8 cm³/mol. The van der Waals surface area contributed by atoms with Gasteiger partial charge in [0.15, 0.2) is 0 Å². The average Bonchev–Trinajstić information content (AvgIpc) is 2.84. The zero-order valence-corrected chi connectivity index (χ0v) is 11.1. The summed E-state index contributed by atoms with van der Waals surface area (Å²) in [5, 5.41) is 0.869. The first-order valence-corrected chi connectivity index (χ1v) is 7.22. The Labute approximate surface area is 112 Å². The Morgan fingerprint density at radius 3 is 2.94 bits per heavy atom. The molecule has 3 rings (SSSR count). The lowest BCUT2D eigenvalue weighted by Gasteiger charge is -2.12. The lowest BCUT2D eigenvalue weighted by Crippen LogP contribution is -2.38. The van der Waals surface area contributed by atoms with Gasteiger partial charge in [0, 0.05) is 5.75 Å². The molecule has 2 heterocycles. The molecule has 0 amide bonds. The molecule has 1 unspecified atom stereocenters. The Balaban J connectivity index is 2.34. The van der Waals surface area contributed by atoms with E-state index in [9.17, 15) is 9.59 Å². The molecule has 18 heavy (non-hydrogen) atoms. The molecule has 1 aromatic heterocycles. The Bertz CT molecular complexity index is 716. The summed E-state index contributed by atoms with van der Waals surface area (Å²) in [6.07, 6.45) is 0.861. The molecule has 1 saturated heterocycles. The standard InChI is InChI=1S/C12H11ClN2O2S/c13-9-3-1-2-8-10(9)14-12(17)15(11(8)16)7-4-5-18-6-7/h1-3,7H,4-6H2,(H,14,17). The minimum absolute atomic E-state index is 0.00497. The van der Waals surface area contributed by atoms with Crippen LogP contribution in [0, 0.1) is 0 Å². The van der Waals surface area contributed by atoms with Crippen LogP contribution in [0.25, 0.3) is 10.9 Å². The van der Waals surface area contributed by atoms with Gasteiger partial charge in [0.05, 0.1) is 22.0 Å². The van der Waals surface area contributed by atoms with Crippen LogP contribution in [0.15, 0.2) is 27.8 Å². The van der Waals surface area contributed by atoms with Crippen molar-refractivity contribution in [1.29, 1.82) is 0 Å². The van der Waals surface area contributed by atoms with Gasteiger partial charge in [-0.25, -0.2) is 4.79 Å². The first-order valence-electron chi connectivity index (χ1n) is 5.69. The van der Waals surface area contributed by atoms with Crippen molar-refractivity contribution >= 4 is 34.3 Å². The topological polar surface area (TPSA) is 54.9 Å². The Kier molecular flexibility index (Phi) is 2.95. The summed E-state index contributed by atoms with van der Waals surface area (Å²) in [7, 11) is 0. The summed E-state index contributed by atoms with van der Waals surface area (Å²) in [6, 6.07) is 5.07.